The van der Waals surface area contributed by atoms with E-state index in [1.807, 2.05) is 0 Å². The molecule has 8 aromatic carbocycles. The molecule has 0 amide bonds. The maximum atomic E-state index is 2.53. The normalized spacial score (nSPS) is 19.3. The average Bonchev–Trinajstić information content (AvgIpc) is 3.62. The van der Waals surface area contributed by atoms with Crippen LogP contribution in [-0.2, 0) is 5.41 Å². The van der Waals surface area contributed by atoms with Crippen LogP contribution in [0.5, 0.6) is 0 Å². The molecule has 12 rings (SSSR count). The molecule has 2 unspecified atom stereocenters. The molecule has 0 bridgehead atoms. The van der Waals surface area contributed by atoms with Crippen LogP contribution in [0, 0.1) is 11.3 Å². The molecule has 67 heavy (non-hydrogen) atoms. The van der Waals surface area contributed by atoms with Gasteiger partial charge in [0.15, 0.2) is 0 Å². The Labute approximate surface area is 397 Å². The summed E-state index contributed by atoms with van der Waals surface area (Å²) in [7, 11) is 0. The zero-order valence-corrected chi connectivity index (χ0v) is 38.9. The second-order valence-electron chi connectivity index (χ2n) is 20.0. The van der Waals surface area contributed by atoms with E-state index in [2.05, 4.69) is 244 Å². The minimum absolute atomic E-state index is 0.0488. The molecule has 326 valence electrons. The van der Waals surface area contributed by atoms with Gasteiger partial charge in [-0.25, -0.2) is 0 Å². The van der Waals surface area contributed by atoms with Crippen molar-refractivity contribution >= 4 is 27.8 Å². The van der Waals surface area contributed by atoms with E-state index in [-0.39, 0.29) is 16.7 Å². The SMILES string of the molecule is CC1(C)c2ccccc2-c2c(-c3ccc(N(c4ccc(-c5ccc(-c6cccc7ccccc67)cc5)cc4)c4ccccc4C4C=CC=C5C=CC=C(C6CCCCC6)C54C)cc3)cccc21. The lowest BCUT2D eigenvalue weighted by molar-refractivity contribution is 0.317. The van der Waals surface area contributed by atoms with Crippen molar-refractivity contribution < 1.29 is 0 Å². The van der Waals surface area contributed by atoms with E-state index in [0.29, 0.717) is 5.92 Å². The lowest BCUT2D eigenvalue weighted by atomic mass is 9.57. The van der Waals surface area contributed by atoms with Gasteiger partial charge in [-0.2, -0.15) is 0 Å². The Morgan fingerprint density at radius 2 is 1.06 bits per heavy atom. The molecule has 0 aromatic heterocycles. The Bertz CT molecular complexity index is 3290. The van der Waals surface area contributed by atoms with Crippen molar-refractivity contribution in [3.63, 3.8) is 0 Å². The summed E-state index contributed by atoms with van der Waals surface area (Å²) in [5.41, 5.74) is 20.6. The van der Waals surface area contributed by atoms with Gasteiger partial charge in [-0.15, -0.1) is 0 Å². The highest BCUT2D eigenvalue weighted by atomic mass is 15.1. The van der Waals surface area contributed by atoms with Crippen LogP contribution in [0.1, 0.15) is 75.5 Å². The molecule has 1 heteroatoms. The van der Waals surface area contributed by atoms with E-state index < -0.39 is 0 Å². The van der Waals surface area contributed by atoms with Gasteiger partial charge in [0.25, 0.3) is 0 Å². The summed E-state index contributed by atoms with van der Waals surface area (Å²) in [6.45, 7) is 7.26. The summed E-state index contributed by atoms with van der Waals surface area (Å²) < 4.78 is 0. The molecule has 0 aliphatic heterocycles. The Kier molecular flexibility index (Phi) is 10.2. The number of allylic oxidation sites excluding steroid dienone is 8. The van der Waals surface area contributed by atoms with Crippen LogP contribution in [0.2, 0.25) is 0 Å². The second kappa shape index (κ2) is 16.6. The molecule has 8 aromatic rings. The molecule has 0 N–H and O–H groups in total. The van der Waals surface area contributed by atoms with Crippen molar-refractivity contribution in [3.05, 3.63) is 246 Å². The molecule has 0 spiro atoms. The topological polar surface area (TPSA) is 3.24 Å². The predicted octanol–water partition coefficient (Wildman–Crippen LogP) is 18.3. The molecule has 2 atom stereocenters. The number of fused-ring (bicyclic) bond motifs is 5. The lowest BCUT2D eigenvalue weighted by Gasteiger charge is -2.47. The fraction of sp³-hybridized carbons (Fsp3) is 0.182. The first-order valence-corrected chi connectivity index (χ1v) is 24.6. The summed E-state index contributed by atoms with van der Waals surface area (Å²) in [6.07, 6.45) is 20.9. The van der Waals surface area contributed by atoms with Crippen LogP contribution in [0.3, 0.4) is 0 Å². The minimum atomic E-state index is -0.142. The van der Waals surface area contributed by atoms with Gasteiger partial charge >= 0.3 is 0 Å². The molecule has 4 aliphatic rings. The van der Waals surface area contributed by atoms with E-state index in [4.69, 9.17) is 0 Å². The van der Waals surface area contributed by atoms with Crippen LogP contribution in [0.25, 0.3) is 55.3 Å². The van der Waals surface area contributed by atoms with Crippen molar-refractivity contribution in [2.24, 2.45) is 11.3 Å². The van der Waals surface area contributed by atoms with E-state index in [1.165, 1.54) is 115 Å². The van der Waals surface area contributed by atoms with Crippen LogP contribution >= 0.6 is 0 Å². The van der Waals surface area contributed by atoms with Gasteiger partial charge in [-0.05, 0) is 127 Å². The Balaban J connectivity index is 0.954. The summed E-state index contributed by atoms with van der Waals surface area (Å²) in [4.78, 5) is 2.51. The molecular formula is C66H57N. The van der Waals surface area contributed by atoms with Crippen molar-refractivity contribution in [1.29, 1.82) is 0 Å². The molecule has 0 radical (unpaired) electrons. The smallest absolute Gasteiger partial charge is 0.0500 e. The van der Waals surface area contributed by atoms with Gasteiger partial charge in [0.05, 0.1) is 0 Å². The Morgan fingerprint density at radius 1 is 0.478 bits per heavy atom. The van der Waals surface area contributed by atoms with Crippen LogP contribution in [0.15, 0.2) is 230 Å². The first kappa shape index (κ1) is 41.2. The number of para-hydroxylation sites is 1. The number of anilines is 3. The largest absolute Gasteiger partial charge is 0.310 e. The van der Waals surface area contributed by atoms with Gasteiger partial charge in [0.1, 0.15) is 0 Å². The molecule has 0 heterocycles. The minimum Gasteiger partial charge on any atom is -0.310 e. The van der Waals surface area contributed by atoms with E-state index in [1.54, 1.807) is 5.57 Å². The monoisotopic (exact) mass is 863 g/mol. The van der Waals surface area contributed by atoms with Gasteiger partial charge < -0.3 is 4.90 Å². The zero-order chi connectivity index (χ0) is 45.1. The standard InChI is InChI=1S/C66H57N/c1-65(2)60-28-11-9-25-58(60)64-56(27-16-31-62(64)65)49-39-43-53(44-40-49)67(52-41-37-46(38-42-52)45-33-35-48(36-34-45)55-26-13-20-47-17-7-8-23-54(47)55)63-32-12-10-24-57(63)61-30-15-22-51-21-14-29-59(66(51,61)3)50-18-5-4-6-19-50/h7-17,20-44,50,61H,4-6,18-19H2,1-3H3. The van der Waals surface area contributed by atoms with Crippen molar-refractivity contribution in [3.8, 4) is 44.5 Å². The highest BCUT2D eigenvalue weighted by Crippen LogP contribution is 2.58. The molecule has 0 saturated heterocycles. The number of hydrogen-bond donors (Lipinski definition) is 0. The molecule has 1 fully saturated rings. The van der Waals surface area contributed by atoms with Gasteiger partial charge in [0, 0.05) is 33.8 Å². The number of benzene rings is 8. The van der Waals surface area contributed by atoms with Gasteiger partial charge in [0.2, 0.25) is 0 Å². The third kappa shape index (κ3) is 6.90. The van der Waals surface area contributed by atoms with Gasteiger partial charge in [-0.3, -0.25) is 0 Å². The van der Waals surface area contributed by atoms with E-state index in [9.17, 15) is 0 Å². The van der Waals surface area contributed by atoms with Crippen LogP contribution in [0.4, 0.5) is 17.1 Å². The van der Waals surface area contributed by atoms with Crippen LogP contribution in [-0.4, -0.2) is 0 Å². The maximum absolute atomic E-state index is 2.53. The van der Waals surface area contributed by atoms with Crippen molar-refractivity contribution in [2.75, 3.05) is 4.90 Å². The van der Waals surface area contributed by atoms with Gasteiger partial charge in [-0.1, -0.05) is 234 Å². The third-order valence-electron chi connectivity index (χ3n) is 16.0. The lowest BCUT2D eigenvalue weighted by Crippen LogP contribution is -2.36. The second-order valence-corrected chi connectivity index (χ2v) is 20.0. The van der Waals surface area contributed by atoms with Crippen LogP contribution < -0.4 is 4.90 Å². The maximum Gasteiger partial charge on any atom is 0.0500 e. The first-order chi connectivity index (χ1) is 32.9. The summed E-state index contributed by atoms with van der Waals surface area (Å²) >= 11 is 0. The predicted molar refractivity (Wildman–Crippen MR) is 284 cm³/mol. The zero-order valence-electron chi connectivity index (χ0n) is 38.9. The summed E-state index contributed by atoms with van der Waals surface area (Å²) in [5.74, 6) is 0.779. The molecule has 4 aliphatic carbocycles. The average molecular weight is 864 g/mol. The van der Waals surface area contributed by atoms with E-state index in [0.717, 1.165) is 11.4 Å². The molecule has 1 nitrogen and oxygen atoms in total. The number of rotatable bonds is 8. The Hall–Kier alpha value is -7.22. The third-order valence-corrected chi connectivity index (χ3v) is 16.0. The fourth-order valence-electron chi connectivity index (χ4n) is 12.5. The highest BCUT2D eigenvalue weighted by molar-refractivity contribution is 5.97. The summed E-state index contributed by atoms with van der Waals surface area (Å²) in [5, 5.41) is 2.55. The Morgan fingerprint density at radius 3 is 1.85 bits per heavy atom. The quantitative estimate of drug-likeness (QED) is 0.147. The first-order valence-electron chi connectivity index (χ1n) is 24.6. The molecular weight excluding hydrogens is 807 g/mol. The van der Waals surface area contributed by atoms with E-state index >= 15 is 0 Å². The molecule has 1 saturated carbocycles. The highest BCUT2D eigenvalue weighted by Gasteiger charge is 2.45. The van der Waals surface area contributed by atoms with Crippen molar-refractivity contribution in [1.82, 2.24) is 0 Å². The van der Waals surface area contributed by atoms with Crippen molar-refractivity contribution in [2.45, 2.75) is 64.2 Å². The number of nitrogens with zero attached hydrogens (tertiary/aromatic N) is 1. The fourth-order valence-corrected chi connectivity index (χ4v) is 12.5. The summed E-state index contributed by atoms with van der Waals surface area (Å²) in [6, 6.07) is 68.1. The number of hydrogen-bond acceptors (Lipinski definition) is 1.